The Balaban J connectivity index is 2.12. The van der Waals surface area contributed by atoms with Crippen LogP contribution in [0.25, 0.3) is 0 Å². The molecule has 1 saturated heterocycles. The zero-order valence-corrected chi connectivity index (χ0v) is 11.1. The number of piperidine rings is 1. The minimum atomic E-state index is -0.594. The van der Waals surface area contributed by atoms with Gasteiger partial charge in [-0.2, -0.15) is 0 Å². The number of anilines is 1. The minimum Gasteiger partial charge on any atom is -0.381 e. The third-order valence-corrected chi connectivity index (χ3v) is 3.42. The maximum atomic E-state index is 14.0. The van der Waals surface area contributed by atoms with Crippen molar-refractivity contribution in [1.29, 1.82) is 0 Å². The lowest BCUT2D eigenvalue weighted by atomic mass is 10.1. The molecule has 19 heavy (non-hydrogen) atoms. The van der Waals surface area contributed by atoms with Crippen LogP contribution < -0.4 is 5.32 Å². The summed E-state index contributed by atoms with van der Waals surface area (Å²) in [6, 6.07) is 1.42. The largest absolute Gasteiger partial charge is 0.381 e. The van der Waals surface area contributed by atoms with E-state index in [1.807, 2.05) is 0 Å². The van der Waals surface area contributed by atoms with Crippen LogP contribution in [0.1, 0.15) is 23.2 Å². The Kier molecular flexibility index (Phi) is 4.31. The molecule has 1 N–H and O–H groups in total. The number of nitrogens with zero attached hydrogens (tertiary/aromatic N) is 2. The summed E-state index contributed by atoms with van der Waals surface area (Å²) in [6.45, 7) is 1.18. The van der Waals surface area contributed by atoms with Crippen molar-refractivity contribution in [3.05, 3.63) is 23.6 Å². The summed E-state index contributed by atoms with van der Waals surface area (Å²) in [7, 11) is 3.24. The fourth-order valence-electron chi connectivity index (χ4n) is 2.25. The van der Waals surface area contributed by atoms with Gasteiger partial charge in [0.1, 0.15) is 0 Å². The molecule has 1 aliphatic rings. The molecule has 0 atom stereocenters. The number of halogens is 1. The minimum absolute atomic E-state index is 0.0650. The van der Waals surface area contributed by atoms with Gasteiger partial charge in [0.15, 0.2) is 11.6 Å². The molecule has 0 bridgehead atoms. The average molecular weight is 267 g/mol. The van der Waals surface area contributed by atoms with Gasteiger partial charge in [-0.3, -0.25) is 4.79 Å². The van der Waals surface area contributed by atoms with Gasteiger partial charge in [-0.15, -0.1) is 0 Å². The molecule has 2 rings (SSSR count). The number of pyridine rings is 1. The number of ether oxygens (including phenoxy) is 1. The molecule has 0 radical (unpaired) electrons. The van der Waals surface area contributed by atoms with E-state index in [-0.39, 0.29) is 23.4 Å². The Morgan fingerprint density at radius 1 is 1.53 bits per heavy atom. The van der Waals surface area contributed by atoms with Crippen molar-refractivity contribution in [2.75, 3.05) is 32.6 Å². The Labute approximate surface area is 111 Å². The summed E-state index contributed by atoms with van der Waals surface area (Å²) in [4.78, 5) is 17.8. The zero-order chi connectivity index (χ0) is 13.8. The average Bonchev–Trinajstić information content (AvgIpc) is 2.47. The quantitative estimate of drug-likeness (QED) is 0.902. The van der Waals surface area contributed by atoms with Crippen molar-refractivity contribution in [2.45, 2.75) is 18.9 Å². The number of likely N-dealkylation sites (tertiary alicyclic amines) is 1. The van der Waals surface area contributed by atoms with Crippen LogP contribution >= 0.6 is 0 Å². The highest BCUT2D eigenvalue weighted by Gasteiger charge is 2.26. The third kappa shape index (κ3) is 2.84. The van der Waals surface area contributed by atoms with Crippen LogP contribution in [0.4, 0.5) is 10.2 Å². The monoisotopic (exact) mass is 267 g/mol. The Hall–Kier alpha value is -1.69. The third-order valence-electron chi connectivity index (χ3n) is 3.42. The van der Waals surface area contributed by atoms with Crippen LogP contribution in [-0.4, -0.2) is 49.1 Å². The molecule has 0 spiro atoms. The van der Waals surface area contributed by atoms with Crippen LogP contribution in [-0.2, 0) is 4.74 Å². The first-order chi connectivity index (χ1) is 9.17. The number of carbonyl (C=O) groups is 1. The van der Waals surface area contributed by atoms with E-state index in [2.05, 4.69) is 10.3 Å². The zero-order valence-electron chi connectivity index (χ0n) is 11.1. The second-order valence-corrected chi connectivity index (χ2v) is 4.50. The van der Waals surface area contributed by atoms with E-state index in [1.54, 1.807) is 19.1 Å². The molecule has 1 aromatic rings. The van der Waals surface area contributed by atoms with E-state index in [0.717, 1.165) is 12.8 Å². The van der Waals surface area contributed by atoms with E-state index in [0.29, 0.717) is 13.1 Å². The molecule has 1 aromatic heterocycles. The van der Waals surface area contributed by atoms with Gasteiger partial charge in [-0.05, 0) is 18.9 Å². The maximum absolute atomic E-state index is 14.0. The van der Waals surface area contributed by atoms with E-state index >= 15 is 0 Å². The van der Waals surface area contributed by atoms with Crippen molar-refractivity contribution in [1.82, 2.24) is 9.88 Å². The first-order valence-corrected chi connectivity index (χ1v) is 6.31. The van der Waals surface area contributed by atoms with Gasteiger partial charge in [0.2, 0.25) is 0 Å². The summed E-state index contributed by atoms with van der Waals surface area (Å²) >= 11 is 0. The first-order valence-electron chi connectivity index (χ1n) is 6.31. The van der Waals surface area contributed by atoms with Gasteiger partial charge < -0.3 is 15.0 Å². The van der Waals surface area contributed by atoms with Crippen LogP contribution in [0.2, 0.25) is 0 Å². The first kappa shape index (κ1) is 13.7. The van der Waals surface area contributed by atoms with Crippen LogP contribution in [0.5, 0.6) is 0 Å². The number of methoxy groups -OCH3 is 1. The lowest BCUT2D eigenvalue weighted by molar-refractivity contribution is 0.0348. The highest BCUT2D eigenvalue weighted by atomic mass is 19.1. The number of aromatic nitrogens is 1. The van der Waals surface area contributed by atoms with Crippen LogP contribution in [0.3, 0.4) is 0 Å². The van der Waals surface area contributed by atoms with Gasteiger partial charge >= 0.3 is 0 Å². The molecule has 1 amide bonds. The topological polar surface area (TPSA) is 54.5 Å². The molecule has 0 aliphatic carbocycles. The van der Waals surface area contributed by atoms with Gasteiger partial charge in [-0.1, -0.05) is 0 Å². The van der Waals surface area contributed by atoms with Gasteiger partial charge in [0, 0.05) is 33.4 Å². The fourth-order valence-corrected chi connectivity index (χ4v) is 2.25. The standard InChI is InChI=1S/C13H18FN3O2/c1-15-12-11(14)10(3-6-16-12)13(18)17-7-4-9(19-2)5-8-17/h3,6,9H,4-5,7-8H2,1-2H3,(H,15,16). The smallest absolute Gasteiger partial charge is 0.257 e. The predicted octanol–water partition coefficient (Wildman–Crippen LogP) is 1.51. The van der Waals surface area contributed by atoms with Gasteiger partial charge in [-0.25, -0.2) is 9.37 Å². The molecule has 0 aromatic carbocycles. The van der Waals surface area contributed by atoms with E-state index in [9.17, 15) is 9.18 Å². The SMILES string of the molecule is CNc1nccc(C(=O)N2CCC(OC)CC2)c1F. The lowest BCUT2D eigenvalue weighted by Crippen LogP contribution is -2.41. The van der Waals surface area contributed by atoms with E-state index in [4.69, 9.17) is 4.74 Å². The number of rotatable bonds is 3. The molecule has 0 unspecified atom stereocenters. The lowest BCUT2D eigenvalue weighted by Gasteiger charge is -2.31. The molecular weight excluding hydrogens is 249 g/mol. The molecule has 2 heterocycles. The molecule has 104 valence electrons. The molecule has 1 fully saturated rings. The van der Waals surface area contributed by atoms with Crippen LogP contribution in [0.15, 0.2) is 12.3 Å². The Bertz CT molecular complexity index is 459. The normalized spacial score (nSPS) is 16.5. The molecular formula is C13H18FN3O2. The highest BCUT2D eigenvalue weighted by Crippen LogP contribution is 2.19. The molecule has 6 heteroatoms. The Morgan fingerprint density at radius 3 is 2.79 bits per heavy atom. The summed E-state index contributed by atoms with van der Waals surface area (Å²) in [5.74, 6) is -0.785. The second kappa shape index (κ2) is 5.97. The number of hydrogen-bond acceptors (Lipinski definition) is 4. The second-order valence-electron chi connectivity index (χ2n) is 4.50. The number of carbonyl (C=O) groups excluding carboxylic acids is 1. The van der Waals surface area contributed by atoms with Crippen molar-refractivity contribution in [2.24, 2.45) is 0 Å². The van der Waals surface area contributed by atoms with Crippen LogP contribution in [0, 0.1) is 5.82 Å². The fraction of sp³-hybridized carbons (Fsp3) is 0.538. The summed E-state index contributed by atoms with van der Waals surface area (Å²) < 4.78 is 19.3. The predicted molar refractivity (Wildman–Crippen MR) is 69.7 cm³/mol. The molecule has 5 nitrogen and oxygen atoms in total. The van der Waals surface area contributed by atoms with Gasteiger partial charge in [0.25, 0.3) is 5.91 Å². The number of nitrogens with one attached hydrogen (secondary N) is 1. The molecule has 0 saturated carbocycles. The summed E-state index contributed by atoms with van der Waals surface area (Å²) in [6.07, 6.45) is 3.20. The van der Waals surface area contributed by atoms with Crippen molar-refractivity contribution < 1.29 is 13.9 Å². The van der Waals surface area contributed by atoms with E-state index < -0.39 is 5.82 Å². The summed E-state index contributed by atoms with van der Waals surface area (Å²) in [5.41, 5.74) is 0.0650. The Morgan fingerprint density at radius 2 is 2.21 bits per heavy atom. The number of amides is 1. The highest BCUT2D eigenvalue weighted by molar-refractivity contribution is 5.95. The van der Waals surface area contributed by atoms with Gasteiger partial charge in [0.05, 0.1) is 11.7 Å². The van der Waals surface area contributed by atoms with Crippen molar-refractivity contribution in [3.63, 3.8) is 0 Å². The molecule has 1 aliphatic heterocycles. The van der Waals surface area contributed by atoms with Crippen molar-refractivity contribution >= 4 is 11.7 Å². The maximum Gasteiger partial charge on any atom is 0.257 e. The summed E-state index contributed by atoms with van der Waals surface area (Å²) in [5, 5.41) is 2.63. The van der Waals surface area contributed by atoms with E-state index in [1.165, 1.54) is 12.3 Å². The van der Waals surface area contributed by atoms with Crippen molar-refractivity contribution in [3.8, 4) is 0 Å². The number of hydrogen-bond donors (Lipinski definition) is 1.